The zero-order valence-corrected chi connectivity index (χ0v) is 17.9. The van der Waals surface area contributed by atoms with E-state index < -0.39 is 0 Å². The maximum Gasteiger partial charge on any atom is 0.253 e. The topological polar surface area (TPSA) is 53.2 Å². The Balaban J connectivity index is 0.00000117. The van der Waals surface area contributed by atoms with Gasteiger partial charge in [0.1, 0.15) is 0 Å². The molecule has 1 amide bonds. The first-order valence-corrected chi connectivity index (χ1v) is 10.5. The van der Waals surface area contributed by atoms with E-state index in [1.165, 1.54) is 0 Å². The molecule has 4 nitrogen and oxygen atoms in total. The van der Waals surface area contributed by atoms with E-state index in [2.05, 4.69) is 40.2 Å². The first-order chi connectivity index (χ1) is 14.1. The highest BCUT2D eigenvalue weighted by molar-refractivity contribution is 6.34. The number of carbonyl (C=O) groups is 1. The molecule has 152 valence electrons. The molecule has 1 atom stereocenters. The average Bonchev–Trinajstić information content (AvgIpc) is 2.72. The van der Waals surface area contributed by atoms with Gasteiger partial charge in [-0.2, -0.15) is 0 Å². The number of benzene rings is 3. The predicted molar refractivity (Wildman–Crippen MR) is 123 cm³/mol. The second kappa shape index (κ2) is 9.77. The van der Waals surface area contributed by atoms with Crippen molar-refractivity contribution in [1.82, 2.24) is 10.6 Å². The lowest BCUT2D eigenvalue weighted by molar-refractivity contribution is 0.0940. The predicted octanol–water partition coefficient (Wildman–Crippen LogP) is 5.39. The summed E-state index contributed by atoms with van der Waals surface area (Å²) in [6.45, 7) is 7.86. The lowest BCUT2D eigenvalue weighted by Gasteiger charge is -2.29. The van der Waals surface area contributed by atoms with E-state index in [9.17, 15) is 4.79 Å². The monoisotopic (exact) mass is 409 g/mol. The molecule has 3 aromatic rings. The van der Waals surface area contributed by atoms with Crippen LogP contribution in [0, 0.1) is 0 Å². The molecule has 1 aliphatic heterocycles. The van der Waals surface area contributed by atoms with Gasteiger partial charge in [0.2, 0.25) is 0 Å². The molecule has 1 aliphatic rings. The van der Waals surface area contributed by atoms with E-state index in [-0.39, 0.29) is 11.9 Å². The fourth-order valence-corrected chi connectivity index (χ4v) is 3.60. The number of halogens is 1. The number of anilines is 1. The van der Waals surface area contributed by atoms with Crippen molar-refractivity contribution < 1.29 is 4.79 Å². The molecule has 0 saturated carbocycles. The standard InChI is InChI=1S/C22H22ClN3O.C2H6/c1-14(18-8-4-6-15-5-2-3-7-19(15)18)25-22(27)20-11-16(9-10-21(20)23)26-17-12-24-13-17;1-2/h2-11,14,17,24,26H,12-13H2,1H3,(H,25,27);1-2H3. The summed E-state index contributed by atoms with van der Waals surface area (Å²) in [5.41, 5.74) is 2.49. The van der Waals surface area contributed by atoms with Gasteiger partial charge in [-0.25, -0.2) is 0 Å². The molecular formula is C24H28ClN3O. The number of nitrogens with one attached hydrogen (secondary N) is 3. The van der Waals surface area contributed by atoms with Crippen LogP contribution in [0.1, 0.15) is 42.7 Å². The molecule has 3 aromatic carbocycles. The van der Waals surface area contributed by atoms with E-state index in [0.717, 1.165) is 35.1 Å². The van der Waals surface area contributed by atoms with Gasteiger partial charge >= 0.3 is 0 Å². The maximum atomic E-state index is 12.9. The molecule has 0 aliphatic carbocycles. The van der Waals surface area contributed by atoms with Crippen LogP contribution in [0.3, 0.4) is 0 Å². The van der Waals surface area contributed by atoms with E-state index in [0.29, 0.717) is 16.6 Å². The van der Waals surface area contributed by atoms with Crippen LogP contribution in [-0.4, -0.2) is 25.0 Å². The Morgan fingerprint density at radius 2 is 1.79 bits per heavy atom. The fourth-order valence-electron chi connectivity index (χ4n) is 3.40. The van der Waals surface area contributed by atoms with Crippen molar-refractivity contribution in [1.29, 1.82) is 0 Å². The zero-order valence-electron chi connectivity index (χ0n) is 17.1. The lowest BCUT2D eigenvalue weighted by Crippen LogP contribution is -2.51. The van der Waals surface area contributed by atoms with Crippen LogP contribution in [0.15, 0.2) is 60.7 Å². The Bertz CT molecular complexity index is 980. The third kappa shape index (κ3) is 4.89. The SMILES string of the molecule is CC.CC(NC(=O)c1cc(NC2CNC2)ccc1Cl)c1cccc2ccccc12. The quantitative estimate of drug-likeness (QED) is 0.529. The van der Waals surface area contributed by atoms with Gasteiger partial charge < -0.3 is 16.0 Å². The van der Waals surface area contributed by atoms with Crippen molar-refractivity contribution in [3.63, 3.8) is 0 Å². The first-order valence-electron chi connectivity index (χ1n) is 10.2. The molecular weight excluding hydrogens is 382 g/mol. The van der Waals surface area contributed by atoms with Crippen molar-refractivity contribution in [2.24, 2.45) is 0 Å². The van der Waals surface area contributed by atoms with Gasteiger partial charge in [0.05, 0.1) is 22.7 Å². The molecule has 1 heterocycles. The van der Waals surface area contributed by atoms with E-state index in [1.807, 2.05) is 51.1 Å². The summed E-state index contributed by atoms with van der Waals surface area (Å²) in [6, 6.07) is 20.1. The van der Waals surface area contributed by atoms with Gasteiger partial charge in [-0.15, -0.1) is 0 Å². The van der Waals surface area contributed by atoms with E-state index in [1.54, 1.807) is 6.07 Å². The minimum Gasteiger partial charge on any atom is -0.380 e. The number of fused-ring (bicyclic) bond motifs is 1. The Morgan fingerprint density at radius 1 is 1.07 bits per heavy atom. The summed E-state index contributed by atoms with van der Waals surface area (Å²) in [6.07, 6.45) is 0. The average molecular weight is 410 g/mol. The van der Waals surface area contributed by atoms with Gasteiger partial charge in [0.15, 0.2) is 0 Å². The second-order valence-electron chi connectivity index (χ2n) is 6.96. The van der Waals surface area contributed by atoms with Gasteiger partial charge in [-0.05, 0) is 41.5 Å². The van der Waals surface area contributed by atoms with Gasteiger partial charge in [-0.3, -0.25) is 4.79 Å². The minimum absolute atomic E-state index is 0.132. The minimum atomic E-state index is -0.171. The van der Waals surface area contributed by atoms with Crippen molar-refractivity contribution in [3.8, 4) is 0 Å². The normalized spacial score (nSPS) is 14.3. The zero-order chi connectivity index (χ0) is 20.8. The summed E-state index contributed by atoms with van der Waals surface area (Å²) in [5.74, 6) is -0.171. The van der Waals surface area contributed by atoms with Crippen molar-refractivity contribution in [2.45, 2.75) is 32.9 Å². The van der Waals surface area contributed by atoms with Gasteiger partial charge in [0, 0.05) is 18.8 Å². The number of rotatable bonds is 5. The van der Waals surface area contributed by atoms with Crippen LogP contribution in [0.5, 0.6) is 0 Å². The summed E-state index contributed by atoms with van der Waals surface area (Å²) in [4.78, 5) is 12.9. The van der Waals surface area contributed by atoms with E-state index >= 15 is 0 Å². The first kappa shape index (κ1) is 21.2. The third-order valence-corrected chi connectivity index (χ3v) is 5.33. The third-order valence-electron chi connectivity index (χ3n) is 5.00. The van der Waals surface area contributed by atoms with Crippen molar-refractivity contribution >= 4 is 34.0 Å². The Morgan fingerprint density at radius 3 is 2.52 bits per heavy atom. The maximum absolute atomic E-state index is 12.9. The van der Waals surface area contributed by atoms with Crippen LogP contribution in [0.25, 0.3) is 10.8 Å². The molecule has 0 bridgehead atoms. The van der Waals surface area contributed by atoms with Gasteiger partial charge in [0.25, 0.3) is 5.91 Å². The van der Waals surface area contributed by atoms with Crippen LogP contribution < -0.4 is 16.0 Å². The number of hydrogen-bond donors (Lipinski definition) is 3. The molecule has 5 heteroatoms. The molecule has 1 fully saturated rings. The highest BCUT2D eigenvalue weighted by Gasteiger charge is 2.19. The highest BCUT2D eigenvalue weighted by Crippen LogP contribution is 2.26. The largest absolute Gasteiger partial charge is 0.380 e. The molecule has 1 unspecified atom stereocenters. The molecule has 0 aromatic heterocycles. The van der Waals surface area contributed by atoms with Crippen molar-refractivity contribution in [3.05, 3.63) is 76.8 Å². The summed E-state index contributed by atoms with van der Waals surface area (Å²) in [5, 5.41) is 12.5. The molecule has 4 rings (SSSR count). The Labute approximate surface area is 177 Å². The van der Waals surface area contributed by atoms with Crippen LogP contribution in [-0.2, 0) is 0 Å². The van der Waals surface area contributed by atoms with Gasteiger partial charge in [-0.1, -0.05) is 67.9 Å². The molecule has 1 saturated heterocycles. The molecule has 29 heavy (non-hydrogen) atoms. The summed E-state index contributed by atoms with van der Waals surface area (Å²) in [7, 11) is 0. The molecule has 3 N–H and O–H groups in total. The van der Waals surface area contributed by atoms with Crippen LogP contribution in [0.4, 0.5) is 5.69 Å². The highest BCUT2D eigenvalue weighted by atomic mass is 35.5. The van der Waals surface area contributed by atoms with E-state index in [4.69, 9.17) is 11.6 Å². The second-order valence-corrected chi connectivity index (χ2v) is 7.36. The Kier molecular flexibility index (Phi) is 7.13. The summed E-state index contributed by atoms with van der Waals surface area (Å²) >= 11 is 6.30. The Hall–Kier alpha value is -2.56. The number of amides is 1. The number of carbonyl (C=O) groups excluding carboxylic acids is 1. The van der Waals surface area contributed by atoms with Crippen molar-refractivity contribution in [2.75, 3.05) is 18.4 Å². The fraction of sp³-hybridized carbons (Fsp3) is 0.292. The lowest BCUT2D eigenvalue weighted by atomic mass is 9.99. The molecule has 0 radical (unpaired) electrons. The van der Waals surface area contributed by atoms with Crippen LogP contribution >= 0.6 is 11.6 Å². The summed E-state index contributed by atoms with van der Waals surface area (Å²) < 4.78 is 0. The molecule has 0 spiro atoms. The number of hydrogen-bond acceptors (Lipinski definition) is 3. The van der Waals surface area contributed by atoms with Crippen LogP contribution in [0.2, 0.25) is 5.02 Å². The smallest absolute Gasteiger partial charge is 0.253 e.